The van der Waals surface area contributed by atoms with Gasteiger partial charge in [-0.05, 0) is 65.4 Å². The number of rotatable bonds is 4. The first kappa shape index (κ1) is 16.7. The van der Waals surface area contributed by atoms with Crippen molar-refractivity contribution in [2.75, 3.05) is 6.54 Å². The number of pyridine rings is 1. The van der Waals surface area contributed by atoms with Gasteiger partial charge in [-0.25, -0.2) is 4.98 Å². The van der Waals surface area contributed by atoms with Crippen LogP contribution in [0.25, 0.3) is 0 Å². The summed E-state index contributed by atoms with van der Waals surface area (Å²) in [5.41, 5.74) is 7.39. The van der Waals surface area contributed by atoms with Crippen molar-refractivity contribution in [1.82, 2.24) is 4.98 Å². The molecule has 0 atom stereocenters. The molecule has 1 saturated carbocycles. The number of halogens is 2. The van der Waals surface area contributed by atoms with E-state index in [2.05, 4.69) is 27.0 Å². The third-order valence-electron chi connectivity index (χ3n) is 4.71. The molecular weight excluding hydrogens is 376 g/mol. The summed E-state index contributed by atoms with van der Waals surface area (Å²) >= 11 is 9.54. The Balaban J connectivity index is 1.67. The Morgan fingerprint density at radius 1 is 1.26 bits per heavy atom. The number of aromatic nitrogens is 1. The molecule has 3 nitrogen and oxygen atoms in total. The number of nitrogens with zero attached hydrogens (tertiary/aromatic N) is 1. The van der Waals surface area contributed by atoms with Crippen LogP contribution in [0, 0.1) is 0 Å². The molecule has 0 aliphatic heterocycles. The molecule has 3 rings (SSSR count). The Hall–Kier alpha value is -1.10. The van der Waals surface area contributed by atoms with Crippen LogP contribution in [0.15, 0.2) is 47.1 Å². The molecule has 0 bridgehead atoms. The minimum absolute atomic E-state index is 0.0118. The predicted octanol–water partition coefficient (Wildman–Crippen LogP) is 4.72. The summed E-state index contributed by atoms with van der Waals surface area (Å²) in [6.45, 7) is 0.636. The van der Waals surface area contributed by atoms with Gasteiger partial charge in [-0.1, -0.05) is 23.7 Å². The van der Waals surface area contributed by atoms with Gasteiger partial charge in [0, 0.05) is 33.7 Å². The monoisotopic (exact) mass is 394 g/mol. The van der Waals surface area contributed by atoms with E-state index in [9.17, 15) is 0 Å². The molecule has 1 heterocycles. The van der Waals surface area contributed by atoms with Gasteiger partial charge >= 0.3 is 0 Å². The van der Waals surface area contributed by atoms with E-state index >= 15 is 0 Å². The SMILES string of the molecule is NCC1(c2cccc(Cl)c2)CCC(Oc2ccc(Br)cn2)CC1. The summed E-state index contributed by atoms with van der Waals surface area (Å²) < 4.78 is 6.96. The number of nitrogens with two attached hydrogens (primary N) is 1. The highest BCUT2D eigenvalue weighted by atomic mass is 79.9. The molecule has 1 fully saturated rings. The van der Waals surface area contributed by atoms with Crippen molar-refractivity contribution < 1.29 is 4.74 Å². The van der Waals surface area contributed by atoms with Gasteiger partial charge in [-0.3, -0.25) is 0 Å². The molecular formula is C18H20BrClN2O. The lowest BCUT2D eigenvalue weighted by atomic mass is 9.69. The Morgan fingerprint density at radius 2 is 2.04 bits per heavy atom. The fourth-order valence-corrected chi connectivity index (χ4v) is 3.72. The van der Waals surface area contributed by atoms with E-state index in [1.807, 2.05) is 30.3 Å². The van der Waals surface area contributed by atoms with Crippen LogP contribution < -0.4 is 10.5 Å². The van der Waals surface area contributed by atoms with Gasteiger partial charge in [-0.2, -0.15) is 0 Å². The molecule has 122 valence electrons. The molecule has 0 unspecified atom stereocenters. The lowest BCUT2D eigenvalue weighted by molar-refractivity contribution is 0.114. The van der Waals surface area contributed by atoms with Gasteiger partial charge in [-0.15, -0.1) is 0 Å². The minimum atomic E-state index is 0.0118. The van der Waals surface area contributed by atoms with Gasteiger partial charge in [0.05, 0.1) is 0 Å². The van der Waals surface area contributed by atoms with Crippen molar-refractivity contribution in [3.05, 3.63) is 57.7 Å². The number of hydrogen-bond donors (Lipinski definition) is 1. The van der Waals surface area contributed by atoms with Crippen LogP contribution in [0.2, 0.25) is 5.02 Å². The molecule has 2 aromatic rings. The van der Waals surface area contributed by atoms with Crippen molar-refractivity contribution in [1.29, 1.82) is 0 Å². The maximum absolute atomic E-state index is 6.15. The zero-order valence-electron chi connectivity index (χ0n) is 12.8. The summed E-state index contributed by atoms with van der Waals surface area (Å²) in [6.07, 6.45) is 5.91. The lowest BCUT2D eigenvalue weighted by Gasteiger charge is -2.39. The van der Waals surface area contributed by atoms with E-state index in [0.29, 0.717) is 12.4 Å². The molecule has 1 aliphatic carbocycles. The van der Waals surface area contributed by atoms with E-state index in [0.717, 1.165) is 35.2 Å². The second kappa shape index (κ2) is 7.20. The Labute approximate surface area is 150 Å². The summed E-state index contributed by atoms with van der Waals surface area (Å²) in [6, 6.07) is 11.9. The maximum atomic E-state index is 6.15. The third-order valence-corrected chi connectivity index (χ3v) is 5.41. The summed E-state index contributed by atoms with van der Waals surface area (Å²) in [7, 11) is 0. The van der Waals surface area contributed by atoms with Crippen LogP contribution in [0.4, 0.5) is 0 Å². The fourth-order valence-electron chi connectivity index (χ4n) is 3.29. The highest BCUT2D eigenvalue weighted by molar-refractivity contribution is 9.10. The standard InChI is InChI=1S/C18H20BrClN2O/c19-14-4-5-17(22-11-14)23-16-6-8-18(12-21,9-7-16)13-2-1-3-15(20)10-13/h1-5,10-11,16H,6-9,12,21H2. The Morgan fingerprint density at radius 3 is 2.65 bits per heavy atom. The van der Waals surface area contributed by atoms with Gasteiger partial charge in [0.1, 0.15) is 6.10 Å². The number of ether oxygens (including phenoxy) is 1. The Kier molecular flexibility index (Phi) is 5.24. The Bertz CT molecular complexity index is 654. The van der Waals surface area contributed by atoms with Crippen LogP contribution in [-0.2, 0) is 5.41 Å². The average Bonchev–Trinajstić information content (AvgIpc) is 2.58. The van der Waals surface area contributed by atoms with E-state index in [-0.39, 0.29) is 11.5 Å². The summed E-state index contributed by atoms with van der Waals surface area (Å²) in [5, 5.41) is 0.771. The first-order valence-corrected chi connectivity index (χ1v) is 9.03. The third kappa shape index (κ3) is 3.87. The highest BCUT2D eigenvalue weighted by Crippen LogP contribution is 2.40. The van der Waals surface area contributed by atoms with E-state index < -0.39 is 0 Å². The number of hydrogen-bond acceptors (Lipinski definition) is 3. The van der Waals surface area contributed by atoms with Gasteiger partial charge < -0.3 is 10.5 Å². The van der Waals surface area contributed by atoms with E-state index in [1.165, 1.54) is 5.56 Å². The van der Waals surface area contributed by atoms with Gasteiger partial charge in [0.25, 0.3) is 0 Å². The first-order chi connectivity index (χ1) is 11.1. The van der Waals surface area contributed by atoms with Crippen LogP contribution in [-0.4, -0.2) is 17.6 Å². The van der Waals surface area contributed by atoms with Crippen LogP contribution in [0.1, 0.15) is 31.2 Å². The van der Waals surface area contributed by atoms with Crippen LogP contribution in [0.3, 0.4) is 0 Å². The van der Waals surface area contributed by atoms with Crippen molar-refractivity contribution in [3.63, 3.8) is 0 Å². The van der Waals surface area contributed by atoms with Crippen molar-refractivity contribution >= 4 is 27.5 Å². The maximum Gasteiger partial charge on any atom is 0.213 e. The summed E-state index contributed by atoms with van der Waals surface area (Å²) in [5.74, 6) is 0.682. The molecule has 0 spiro atoms. The molecule has 1 aliphatic rings. The van der Waals surface area contributed by atoms with E-state index in [1.54, 1.807) is 6.20 Å². The molecule has 0 amide bonds. The largest absolute Gasteiger partial charge is 0.474 e. The zero-order chi connectivity index (χ0) is 16.3. The van der Waals surface area contributed by atoms with Gasteiger partial charge in [0.15, 0.2) is 0 Å². The minimum Gasteiger partial charge on any atom is -0.474 e. The van der Waals surface area contributed by atoms with E-state index in [4.69, 9.17) is 22.1 Å². The van der Waals surface area contributed by atoms with Crippen LogP contribution >= 0.6 is 27.5 Å². The highest BCUT2D eigenvalue weighted by Gasteiger charge is 2.36. The summed E-state index contributed by atoms with van der Waals surface area (Å²) in [4.78, 5) is 4.29. The normalized spacial score (nSPS) is 24.4. The molecule has 23 heavy (non-hydrogen) atoms. The smallest absolute Gasteiger partial charge is 0.213 e. The molecule has 1 aromatic heterocycles. The topological polar surface area (TPSA) is 48.1 Å². The van der Waals surface area contributed by atoms with Gasteiger partial charge in [0.2, 0.25) is 5.88 Å². The average molecular weight is 396 g/mol. The second-order valence-corrected chi connectivity index (χ2v) is 7.48. The molecule has 5 heteroatoms. The fraction of sp³-hybridized carbons (Fsp3) is 0.389. The zero-order valence-corrected chi connectivity index (χ0v) is 15.2. The first-order valence-electron chi connectivity index (χ1n) is 7.86. The molecule has 1 aromatic carbocycles. The molecule has 2 N–H and O–H groups in total. The van der Waals surface area contributed by atoms with Crippen molar-refractivity contribution in [2.24, 2.45) is 5.73 Å². The molecule has 0 saturated heterocycles. The quantitative estimate of drug-likeness (QED) is 0.815. The number of benzene rings is 1. The lowest BCUT2D eigenvalue weighted by Crippen LogP contribution is -2.41. The van der Waals surface area contributed by atoms with Crippen molar-refractivity contribution in [2.45, 2.75) is 37.2 Å². The predicted molar refractivity (Wildman–Crippen MR) is 97.0 cm³/mol. The molecule has 0 radical (unpaired) electrons. The van der Waals surface area contributed by atoms with Crippen molar-refractivity contribution in [3.8, 4) is 5.88 Å². The second-order valence-electron chi connectivity index (χ2n) is 6.13. The van der Waals surface area contributed by atoms with Crippen LogP contribution in [0.5, 0.6) is 5.88 Å².